The van der Waals surface area contributed by atoms with Gasteiger partial charge in [0.2, 0.25) is 0 Å². The normalized spacial score (nSPS) is 17.9. The number of hydrogen-bond acceptors (Lipinski definition) is 3. The van der Waals surface area contributed by atoms with Crippen LogP contribution in [0.5, 0.6) is 0 Å². The predicted octanol–water partition coefficient (Wildman–Crippen LogP) is 12.4. The summed E-state index contributed by atoms with van der Waals surface area (Å²) in [5.41, 5.74) is 18.5. The fourth-order valence-electron chi connectivity index (χ4n) is 10.1. The molecule has 1 spiro atoms. The summed E-state index contributed by atoms with van der Waals surface area (Å²) in [5.74, 6) is 0.872. The molecular weight excluding hydrogens is 703 g/mol. The summed E-state index contributed by atoms with van der Waals surface area (Å²) in [6, 6.07) is 73.2. The van der Waals surface area contributed by atoms with Crippen molar-refractivity contribution in [1.82, 2.24) is 10.6 Å². The van der Waals surface area contributed by atoms with Crippen molar-refractivity contribution in [2.24, 2.45) is 4.99 Å². The van der Waals surface area contributed by atoms with Gasteiger partial charge in [-0.15, -0.1) is 0 Å². The van der Waals surface area contributed by atoms with Gasteiger partial charge in [-0.05, 0) is 77.9 Å². The van der Waals surface area contributed by atoms with E-state index in [4.69, 9.17) is 4.99 Å². The van der Waals surface area contributed by atoms with Crippen LogP contribution in [0.4, 0.5) is 0 Å². The Labute approximate surface area is 340 Å². The molecule has 11 rings (SSSR count). The van der Waals surface area contributed by atoms with Gasteiger partial charge < -0.3 is 5.32 Å². The molecule has 8 aromatic rings. The van der Waals surface area contributed by atoms with Gasteiger partial charge in [0.1, 0.15) is 18.2 Å². The SMILES string of the molecule is CC1(C)c2ccccc2C2(c3ccccc3-c3c(-c4ccc(C5=NC(c6ccccc6)NC(c6ccc(-c7ccccc7)cc6)N5)cc4)cccc32)c2ccccc21. The molecule has 0 bridgehead atoms. The van der Waals surface area contributed by atoms with Crippen molar-refractivity contribution in [2.45, 2.75) is 37.0 Å². The maximum atomic E-state index is 5.26. The number of aliphatic imine (C=N–C) groups is 1. The average molecular weight is 746 g/mol. The zero-order chi connectivity index (χ0) is 38.8. The molecular formula is C55H43N3. The fourth-order valence-corrected chi connectivity index (χ4v) is 10.1. The second kappa shape index (κ2) is 13.4. The van der Waals surface area contributed by atoms with Crippen LogP contribution in [0.3, 0.4) is 0 Å². The van der Waals surface area contributed by atoms with E-state index in [0.29, 0.717) is 0 Å². The lowest BCUT2D eigenvalue weighted by atomic mass is 9.55. The number of rotatable bonds is 5. The van der Waals surface area contributed by atoms with E-state index in [1.54, 1.807) is 0 Å². The summed E-state index contributed by atoms with van der Waals surface area (Å²) in [5, 5.41) is 7.53. The van der Waals surface area contributed by atoms with Crippen molar-refractivity contribution in [2.75, 3.05) is 0 Å². The first kappa shape index (κ1) is 34.4. The van der Waals surface area contributed by atoms with Crippen molar-refractivity contribution in [3.05, 3.63) is 250 Å². The van der Waals surface area contributed by atoms with Gasteiger partial charge in [0.05, 0.1) is 5.41 Å². The van der Waals surface area contributed by atoms with Crippen LogP contribution in [0.15, 0.2) is 205 Å². The molecule has 1 aliphatic heterocycles. The quantitative estimate of drug-likeness (QED) is 0.184. The molecule has 0 amide bonds. The van der Waals surface area contributed by atoms with Crippen LogP contribution >= 0.6 is 0 Å². The molecule has 2 atom stereocenters. The maximum Gasteiger partial charge on any atom is 0.131 e. The van der Waals surface area contributed by atoms with Crippen molar-refractivity contribution >= 4 is 5.84 Å². The van der Waals surface area contributed by atoms with Crippen molar-refractivity contribution in [1.29, 1.82) is 0 Å². The largest absolute Gasteiger partial charge is 0.350 e. The first-order valence-electron chi connectivity index (χ1n) is 20.4. The Hall–Kier alpha value is -6.81. The molecule has 0 fully saturated rings. The Morgan fingerprint density at radius 1 is 0.397 bits per heavy atom. The third-order valence-electron chi connectivity index (χ3n) is 12.9. The first-order valence-corrected chi connectivity index (χ1v) is 20.4. The molecule has 0 radical (unpaired) electrons. The molecule has 0 saturated heterocycles. The van der Waals surface area contributed by atoms with Gasteiger partial charge in [-0.1, -0.05) is 214 Å². The number of hydrogen-bond donors (Lipinski definition) is 2. The average Bonchev–Trinajstić information content (AvgIpc) is 3.60. The molecule has 2 N–H and O–H groups in total. The van der Waals surface area contributed by atoms with E-state index in [1.807, 2.05) is 0 Å². The predicted molar refractivity (Wildman–Crippen MR) is 238 cm³/mol. The van der Waals surface area contributed by atoms with Crippen LogP contribution < -0.4 is 10.6 Å². The number of benzene rings is 8. The third kappa shape index (κ3) is 5.20. The van der Waals surface area contributed by atoms with Crippen molar-refractivity contribution in [3.8, 4) is 33.4 Å². The molecule has 1 heterocycles. The standard InChI is InChI=1S/C55H43N3/c1-54(2)45-23-11-13-25-47(45)55(48-26-14-12-24-46(48)54)44-22-10-9-20-43(44)50-42(21-15-27-49(50)55)38-30-34-41(35-31-38)53-57-51(39-18-7-4-8-19-39)56-52(58-53)40-32-28-37(29-33-40)36-16-5-3-6-17-36/h3-35,51-52,56H,1-2H3,(H,57,58). The Balaban J connectivity index is 1.00. The number of nitrogens with zero attached hydrogens (tertiary/aromatic N) is 1. The molecule has 2 unspecified atom stereocenters. The lowest BCUT2D eigenvalue weighted by Crippen LogP contribution is -2.44. The van der Waals surface area contributed by atoms with E-state index >= 15 is 0 Å². The minimum Gasteiger partial charge on any atom is -0.350 e. The van der Waals surface area contributed by atoms with Crippen LogP contribution in [-0.2, 0) is 10.8 Å². The second-order valence-corrected chi connectivity index (χ2v) is 16.3. The molecule has 3 heteroatoms. The summed E-state index contributed by atoms with van der Waals surface area (Å²) >= 11 is 0. The number of fused-ring (bicyclic) bond motifs is 9. The van der Waals surface area contributed by atoms with E-state index in [1.165, 1.54) is 66.8 Å². The lowest BCUT2D eigenvalue weighted by molar-refractivity contribution is 0.409. The smallest absolute Gasteiger partial charge is 0.131 e. The Morgan fingerprint density at radius 3 is 1.57 bits per heavy atom. The summed E-state index contributed by atoms with van der Waals surface area (Å²) < 4.78 is 0. The monoisotopic (exact) mass is 745 g/mol. The molecule has 278 valence electrons. The van der Waals surface area contributed by atoms with E-state index in [-0.39, 0.29) is 17.7 Å². The van der Waals surface area contributed by atoms with Crippen LogP contribution in [0, 0.1) is 0 Å². The summed E-state index contributed by atoms with van der Waals surface area (Å²) in [7, 11) is 0. The lowest BCUT2D eigenvalue weighted by Gasteiger charge is -2.46. The van der Waals surface area contributed by atoms with E-state index in [0.717, 1.165) is 22.5 Å². The first-order chi connectivity index (χ1) is 28.5. The summed E-state index contributed by atoms with van der Waals surface area (Å²) in [6.07, 6.45) is -0.328. The van der Waals surface area contributed by atoms with Gasteiger partial charge in [0.25, 0.3) is 0 Å². The van der Waals surface area contributed by atoms with E-state index < -0.39 is 5.41 Å². The Kier molecular flexibility index (Phi) is 7.96. The second-order valence-electron chi connectivity index (χ2n) is 16.3. The Morgan fingerprint density at radius 2 is 0.897 bits per heavy atom. The maximum absolute atomic E-state index is 5.26. The molecule has 0 saturated carbocycles. The van der Waals surface area contributed by atoms with Crippen molar-refractivity contribution in [3.63, 3.8) is 0 Å². The summed E-state index contributed by atoms with van der Waals surface area (Å²) in [6.45, 7) is 4.76. The van der Waals surface area contributed by atoms with Gasteiger partial charge in [0.15, 0.2) is 0 Å². The van der Waals surface area contributed by atoms with Crippen molar-refractivity contribution < 1.29 is 0 Å². The Bertz CT molecular complexity index is 2800. The highest BCUT2D eigenvalue weighted by atomic mass is 15.3. The zero-order valence-corrected chi connectivity index (χ0v) is 32.7. The van der Waals surface area contributed by atoms with Crippen LogP contribution in [0.25, 0.3) is 33.4 Å². The third-order valence-corrected chi connectivity index (χ3v) is 12.9. The van der Waals surface area contributed by atoms with E-state index in [9.17, 15) is 0 Å². The molecule has 8 aromatic carbocycles. The highest BCUT2D eigenvalue weighted by Crippen LogP contribution is 2.63. The fraction of sp³-hybridized carbons (Fsp3) is 0.109. The van der Waals surface area contributed by atoms with Crippen LogP contribution in [0.1, 0.15) is 76.3 Å². The number of amidine groups is 1. The molecule has 58 heavy (non-hydrogen) atoms. The summed E-state index contributed by atoms with van der Waals surface area (Å²) in [4.78, 5) is 5.26. The van der Waals surface area contributed by atoms with Gasteiger partial charge in [-0.25, -0.2) is 4.99 Å². The topological polar surface area (TPSA) is 36.4 Å². The minimum absolute atomic E-state index is 0.126. The number of nitrogens with one attached hydrogen (secondary N) is 2. The zero-order valence-electron chi connectivity index (χ0n) is 32.7. The molecule has 0 aromatic heterocycles. The van der Waals surface area contributed by atoms with Gasteiger partial charge >= 0.3 is 0 Å². The molecule has 2 aliphatic carbocycles. The molecule has 3 aliphatic rings. The van der Waals surface area contributed by atoms with Crippen LogP contribution in [-0.4, -0.2) is 5.84 Å². The highest BCUT2D eigenvalue weighted by Gasteiger charge is 2.53. The van der Waals surface area contributed by atoms with Gasteiger partial charge in [-0.2, -0.15) is 0 Å². The minimum atomic E-state index is -0.418. The van der Waals surface area contributed by atoms with Gasteiger partial charge in [0, 0.05) is 11.0 Å². The molecule has 3 nitrogen and oxygen atoms in total. The van der Waals surface area contributed by atoms with Crippen LogP contribution in [0.2, 0.25) is 0 Å². The van der Waals surface area contributed by atoms with Gasteiger partial charge in [-0.3, -0.25) is 5.32 Å². The van der Waals surface area contributed by atoms with E-state index in [2.05, 4.69) is 225 Å². The highest BCUT2D eigenvalue weighted by molar-refractivity contribution is 6.01.